The SMILES string of the molecule is COc1cc(C=NNC(=O)C(=O)Nc2ccc(C)c(Cl)c2)ccc1OCc1ccc(Cl)cc1. The van der Waals surface area contributed by atoms with Crippen LogP contribution in [0.4, 0.5) is 5.69 Å². The molecule has 0 bridgehead atoms. The maximum Gasteiger partial charge on any atom is 0.329 e. The van der Waals surface area contributed by atoms with Crippen molar-refractivity contribution in [2.24, 2.45) is 5.10 Å². The van der Waals surface area contributed by atoms with Crippen molar-refractivity contribution in [3.63, 3.8) is 0 Å². The number of aryl methyl sites for hydroxylation is 1. The number of carbonyl (C=O) groups is 2. The van der Waals surface area contributed by atoms with Crippen molar-refractivity contribution in [2.75, 3.05) is 12.4 Å². The number of amides is 2. The van der Waals surface area contributed by atoms with Crippen LogP contribution >= 0.6 is 23.2 Å². The summed E-state index contributed by atoms with van der Waals surface area (Å²) in [5, 5.41) is 7.43. The molecule has 0 heterocycles. The van der Waals surface area contributed by atoms with Crippen LogP contribution in [0.2, 0.25) is 10.0 Å². The number of hydrogen-bond donors (Lipinski definition) is 2. The molecule has 0 aliphatic carbocycles. The van der Waals surface area contributed by atoms with Gasteiger partial charge in [-0.15, -0.1) is 0 Å². The number of methoxy groups -OCH3 is 1. The second kappa shape index (κ2) is 11.4. The van der Waals surface area contributed by atoms with Gasteiger partial charge in [-0.3, -0.25) is 9.59 Å². The Labute approximate surface area is 201 Å². The average Bonchev–Trinajstić information content (AvgIpc) is 2.81. The summed E-state index contributed by atoms with van der Waals surface area (Å²) in [4.78, 5) is 24.0. The molecule has 3 rings (SSSR count). The van der Waals surface area contributed by atoms with Crippen LogP contribution in [-0.2, 0) is 16.2 Å². The summed E-state index contributed by atoms with van der Waals surface area (Å²) in [5.41, 5.74) is 5.05. The molecule has 0 spiro atoms. The van der Waals surface area contributed by atoms with E-state index in [1.165, 1.54) is 13.3 Å². The Kier molecular flexibility index (Phi) is 8.29. The van der Waals surface area contributed by atoms with Crippen LogP contribution in [0.5, 0.6) is 11.5 Å². The molecule has 3 aromatic rings. The second-order valence-corrected chi connectivity index (χ2v) is 7.79. The summed E-state index contributed by atoms with van der Waals surface area (Å²) in [6.07, 6.45) is 1.39. The number of ether oxygens (including phenoxy) is 2. The topological polar surface area (TPSA) is 89.0 Å². The van der Waals surface area contributed by atoms with Gasteiger partial charge in [0.05, 0.1) is 13.3 Å². The van der Waals surface area contributed by atoms with E-state index < -0.39 is 11.8 Å². The van der Waals surface area contributed by atoms with Crippen molar-refractivity contribution in [3.8, 4) is 11.5 Å². The van der Waals surface area contributed by atoms with E-state index in [1.54, 1.807) is 48.5 Å². The summed E-state index contributed by atoms with van der Waals surface area (Å²) in [6.45, 7) is 2.18. The first-order valence-corrected chi connectivity index (χ1v) is 10.6. The summed E-state index contributed by atoms with van der Waals surface area (Å²) in [5.74, 6) is -0.744. The van der Waals surface area contributed by atoms with E-state index in [1.807, 2.05) is 19.1 Å². The third-order valence-corrected chi connectivity index (χ3v) is 5.17. The molecular weight excluding hydrogens is 465 g/mol. The molecular formula is C24H21Cl2N3O4. The van der Waals surface area contributed by atoms with Gasteiger partial charge in [0.1, 0.15) is 6.61 Å². The first-order valence-electron chi connectivity index (χ1n) is 9.81. The first kappa shape index (κ1) is 24.1. The molecule has 170 valence electrons. The summed E-state index contributed by atoms with van der Waals surface area (Å²) in [7, 11) is 1.52. The lowest BCUT2D eigenvalue weighted by molar-refractivity contribution is -0.136. The number of nitrogens with one attached hydrogen (secondary N) is 2. The summed E-state index contributed by atoms with van der Waals surface area (Å²) in [6, 6.07) is 17.5. The molecule has 0 aromatic heterocycles. The van der Waals surface area contributed by atoms with Gasteiger partial charge in [0.2, 0.25) is 0 Å². The second-order valence-electron chi connectivity index (χ2n) is 6.94. The van der Waals surface area contributed by atoms with E-state index in [0.29, 0.717) is 39.4 Å². The lowest BCUT2D eigenvalue weighted by atomic mass is 10.2. The minimum absolute atomic E-state index is 0.346. The summed E-state index contributed by atoms with van der Waals surface area (Å²) < 4.78 is 11.2. The predicted molar refractivity (Wildman–Crippen MR) is 129 cm³/mol. The van der Waals surface area contributed by atoms with Gasteiger partial charge in [-0.05, 0) is 66.1 Å². The molecule has 0 saturated heterocycles. The largest absolute Gasteiger partial charge is 0.493 e. The zero-order valence-electron chi connectivity index (χ0n) is 17.9. The zero-order chi connectivity index (χ0) is 23.8. The number of carbonyl (C=O) groups excluding carboxylic acids is 2. The molecule has 0 atom stereocenters. The molecule has 33 heavy (non-hydrogen) atoms. The minimum atomic E-state index is -0.919. The van der Waals surface area contributed by atoms with Crippen LogP contribution in [-0.4, -0.2) is 25.1 Å². The fourth-order valence-electron chi connectivity index (χ4n) is 2.70. The van der Waals surface area contributed by atoms with Crippen LogP contribution in [0.25, 0.3) is 0 Å². The third kappa shape index (κ3) is 6.97. The molecule has 0 aliphatic heterocycles. The molecule has 2 N–H and O–H groups in total. The van der Waals surface area contributed by atoms with E-state index >= 15 is 0 Å². The van der Waals surface area contributed by atoms with Gasteiger partial charge < -0.3 is 14.8 Å². The normalized spacial score (nSPS) is 10.7. The van der Waals surface area contributed by atoms with E-state index in [-0.39, 0.29) is 0 Å². The van der Waals surface area contributed by atoms with Gasteiger partial charge in [0, 0.05) is 15.7 Å². The van der Waals surface area contributed by atoms with Crippen LogP contribution in [0.15, 0.2) is 65.8 Å². The molecule has 0 saturated carbocycles. The Morgan fingerprint density at radius 1 is 0.970 bits per heavy atom. The number of hydrazone groups is 1. The van der Waals surface area contributed by atoms with E-state index in [4.69, 9.17) is 32.7 Å². The fourth-order valence-corrected chi connectivity index (χ4v) is 3.01. The van der Waals surface area contributed by atoms with Crippen molar-refractivity contribution in [1.29, 1.82) is 0 Å². The van der Waals surface area contributed by atoms with Crippen molar-refractivity contribution in [2.45, 2.75) is 13.5 Å². The Morgan fingerprint density at radius 3 is 2.42 bits per heavy atom. The minimum Gasteiger partial charge on any atom is -0.493 e. The molecule has 0 fully saturated rings. The van der Waals surface area contributed by atoms with Crippen molar-refractivity contribution in [1.82, 2.24) is 5.43 Å². The van der Waals surface area contributed by atoms with Gasteiger partial charge in [-0.25, -0.2) is 5.43 Å². The number of nitrogens with zero attached hydrogens (tertiary/aromatic N) is 1. The Balaban J connectivity index is 1.56. The monoisotopic (exact) mass is 485 g/mol. The molecule has 0 radical (unpaired) electrons. The van der Waals surface area contributed by atoms with Gasteiger partial charge in [0.25, 0.3) is 0 Å². The van der Waals surface area contributed by atoms with Crippen LogP contribution in [0.3, 0.4) is 0 Å². The smallest absolute Gasteiger partial charge is 0.329 e. The maximum atomic E-state index is 12.0. The Hall–Kier alpha value is -3.55. The van der Waals surface area contributed by atoms with E-state index in [9.17, 15) is 9.59 Å². The number of benzene rings is 3. The van der Waals surface area contributed by atoms with Gasteiger partial charge in [-0.2, -0.15) is 5.10 Å². The highest BCUT2D eigenvalue weighted by molar-refractivity contribution is 6.39. The quantitative estimate of drug-likeness (QED) is 0.280. The zero-order valence-corrected chi connectivity index (χ0v) is 19.4. The maximum absolute atomic E-state index is 12.0. The lowest BCUT2D eigenvalue weighted by Gasteiger charge is -2.11. The molecule has 0 unspecified atom stereocenters. The van der Waals surface area contributed by atoms with Crippen LogP contribution in [0, 0.1) is 6.92 Å². The first-order chi connectivity index (χ1) is 15.9. The van der Waals surface area contributed by atoms with Crippen molar-refractivity contribution in [3.05, 3.63) is 87.4 Å². The summed E-state index contributed by atoms with van der Waals surface area (Å²) >= 11 is 11.9. The average molecular weight is 486 g/mol. The Bertz CT molecular complexity index is 1180. The predicted octanol–water partition coefficient (Wildman–Crippen LogP) is 4.98. The molecule has 9 heteroatoms. The van der Waals surface area contributed by atoms with Gasteiger partial charge in [0.15, 0.2) is 11.5 Å². The van der Waals surface area contributed by atoms with Crippen molar-refractivity contribution < 1.29 is 19.1 Å². The van der Waals surface area contributed by atoms with Crippen LogP contribution < -0.4 is 20.2 Å². The van der Waals surface area contributed by atoms with Crippen molar-refractivity contribution >= 4 is 46.9 Å². The van der Waals surface area contributed by atoms with E-state index in [0.717, 1.165) is 11.1 Å². The Morgan fingerprint density at radius 2 is 1.73 bits per heavy atom. The molecule has 3 aromatic carbocycles. The highest BCUT2D eigenvalue weighted by atomic mass is 35.5. The molecule has 0 aliphatic rings. The fraction of sp³-hybridized carbons (Fsp3) is 0.125. The number of hydrogen-bond acceptors (Lipinski definition) is 5. The standard InChI is InChI=1S/C24H21Cl2N3O4/c1-15-3-9-19(12-20(15)26)28-23(30)24(31)29-27-13-17-6-10-21(22(11-17)32-2)33-14-16-4-7-18(25)8-5-16/h3-13H,14H2,1-2H3,(H,28,30)(H,29,31). The third-order valence-electron chi connectivity index (χ3n) is 4.51. The number of rotatable bonds is 7. The lowest BCUT2D eigenvalue weighted by Crippen LogP contribution is -2.32. The number of halogens is 2. The number of anilines is 1. The highest BCUT2D eigenvalue weighted by Gasteiger charge is 2.13. The molecule has 2 amide bonds. The van der Waals surface area contributed by atoms with Gasteiger partial charge in [-0.1, -0.05) is 41.4 Å². The highest BCUT2D eigenvalue weighted by Crippen LogP contribution is 2.28. The molecule has 7 nitrogen and oxygen atoms in total. The van der Waals surface area contributed by atoms with Crippen LogP contribution in [0.1, 0.15) is 16.7 Å². The van der Waals surface area contributed by atoms with Gasteiger partial charge >= 0.3 is 11.8 Å². The van der Waals surface area contributed by atoms with E-state index in [2.05, 4.69) is 15.8 Å².